The van der Waals surface area contributed by atoms with Crippen LogP contribution in [0.5, 0.6) is 0 Å². The van der Waals surface area contributed by atoms with Gasteiger partial charge in [0.2, 0.25) is 0 Å². The van der Waals surface area contributed by atoms with Crippen LogP contribution in [0, 0.1) is 0 Å². The first kappa shape index (κ1) is 60.5. The quantitative estimate of drug-likeness (QED) is 0.0262. The van der Waals surface area contributed by atoms with E-state index in [2.05, 4.69) is 118 Å². The first-order chi connectivity index (χ1) is 32.0. The summed E-state index contributed by atoms with van der Waals surface area (Å²) in [5.74, 6) is -1.000. The first-order valence-corrected chi connectivity index (χ1v) is 25.8. The van der Waals surface area contributed by atoms with Crippen molar-refractivity contribution in [3.8, 4) is 0 Å². The summed E-state index contributed by atoms with van der Waals surface area (Å²) >= 11 is 0. The van der Waals surface area contributed by atoms with E-state index in [1.807, 2.05) is 36.5 Å². The molecule has 0 aromatic carbocycles. The molecule has 0 spiro atoms. The maximum atomic E-state index is 12.8. The van der Waals surface area contributed by atoms with E-state index >= 15 is 0 Å². The smallest absolute Gasteiger partial charge is 0.306 e. The van der Waals surface area contributed by atoms with Crippen molar-refractivity contribution < 1.29 is 28.6 Å². The second-order valence-corrected chi connectivity index (χ2v) is 16.6. The van der Waals surface area contributed by atoms with E-state index < -0.39 is 6.10 Å². The number of ether oxygens (including phenoxy) is 3. The van der Waals surface area contributed by atoms with Crippen molar-refractivity contribution >= 4 is 17.9 Å². The summed E-state index contributed by atoms with van der Waals surface area (Å²) in [6.45, 7) is 6.37. The van der Waals surface area contributed by atoms with E-state index in [0.717, 1.165) is 122 Å². The Morgan fingerprint density at radius 2 is 0.600 bits per heavy atom. The summed E-state index contributed by atoms with van der Waals surface area (Å²) in [5, 5.41) is 0. The molecule has 0 bridgehead atoms. The van der Waals surface area contributed by atoms with Gasteiger partial charge in [0.25, 0.3) is 0 Å². The van der Waals surface area contributed by atoms with E-state index in [1.165, 1.54) is 38.5 Å². The van der Waals surface area contributed by atoms with Gasteiger partial charge in [0.1, 0.15) is 13.2 Å². The minimum absolute atomic E-state index is 0.115. The number of allylic oxidation sites excluding steroid dienone is 22. The highest BCUT2D eigenvalue weighted by atomic mass is 16.6. The fourth-order valence-electron chi connectivity index (χ4n) is 6.40. The lowest BCUT2D eigenvalue weighted by molar-refractivity contribution is -0.167. The van der Waals surface area contributed by atoms with Crippen molar-refractivity contribution in [3.63, 3.8) is 0 Å². The van der Waals surface area contributed by atoms with Crippen LogP contribution in [0.4, 0.5) is 0 Å². The number of unbranched alkanes of at least 4 members (excludes halogenated alkanes) is 19. The second kappa shape index (κ2) is 52.2. The molecule has 0 fully saturated rings. The predicted molar refractivity (Wildman–Crippen MR) is 279 cm³/mol. The molecule has 0 saturated heterocycles. The molecule has 0 aliphatic rings. The normalized spacial score (nSPS) is 13.2. The van der Waals surface area contributed by atoms with Gasteiger partial charge >= 0.3 is 17.9 Å². The largest absolute Gasteiger partial charge is 0.462 e. The van der Waals surface area contributed by atoms with Gasteiger partial charge in [-0.05, 0) is 83.5 Å². The van der Waals surface area contributed by atoms with Crippen LogP contribution in [0.2, 0.25) is 0 Å². The van der Waals surface area contributed by atoms with Crippen LogP contribution in [0.3, 0.4) is 0 Å². The number of esters is 3. The van der Waals surface area contributed by atoms with Gasteiger partial charge in [-0.3, -0.25) is 14.4 Å². The SMILES string of the molecule is CCC\C=C/C=C\C=C/C=C\C=C/CCCCCCCC(=O)OCC(COC(=O)CCCCC/C=C\C=C/CCCC)OC(=O)CCCCCCC\C=C/C=C\C=C/C=C\CCCCC. The number of hydrogen-bond donors (Lipinski definition) is 0. The second-order valence-electron chi connectivity index (χ2n) is 16.6. The van der Waals surface area contributed by atoms with E-state index in [0.29, 0.717) is 12.8 Å². The Morgan fingerprint density at radius 3 is 1.00 bits per heavy atom. The fraction of sp³-hybridized carbons (Fsp3) is 0.576. The Balaban J connectivity index is 4.54. The fourth-order valence-corrected chi connectivity index (χ4v) is 6.40. The van der Waals surface area contributed by atoms with E-state index in [1.54, 1.807) is 0 Å². The minimum atomic E-state index is -0.817. The summed E-state index contributed by atoms with van der Waals surface area (Å²) in [6, 6.07) is 0. The summed E-state index contributed by atoms with van der Waals surface area (Å²) < 4.78 is 16.7. The molecule has 0 amide bonds. The van der Waals surface area contributed by atoms with Crippen LogP contribution >= 0.6 is 0 Å². The lowest BCUT2D eigenvalue weighted by atomic mass is 10.1. The van der Waals surface area contributed by atoms with Crippen LogP contribution in [0.25, 0.3) is 0 Å². The third-order valence-electron chi connectivity index (χ3n) is 10.3. The van der Waals surface area contributed by atoms with Gasteiger partial charge < -0.3 is 14.2 Å². The van der Waals surface area contributed by atoms with Crippen molar-refractivity contribution in [3.05, 3.63) is 134 Å². The molecule has 364 valence electrons. The molecule has 6 nitrogen and oxygen atoms in total. The van der Waals surface area contributed by atoms with E-state index in [4.69, 9.17) is 14.2 Å². The Morgan fingerprint density at radius 1 is 0.308 bits per heavy atom. The molecule has 1 unspecified atom stereocenters. The monoisotopic (exact) mass is 897 g/mol. The molecule has 6 heteroatoms. The molecule has 0 aliphatic carbocycles. The maximum absolute atomic E-state index is 12.8. The van der Waals surface area contributed by atoms with Gasteiger partial charge in [0, 0.05) is 19.3 Å². The zero-order chi connectivity index (χ0) is 47.2. The Bertz CT molecular complexity index is 1450. The lowest BCUT2D eigenvalue weighted by Crippen LogP contribution is -2.30. The molecular weight excluding hydrogens is 805 g/mol. The lowest BCUT2D eigenvalue weighted by Gasteiger charge is -2.18. The molecule has 0 aliphatic heterocycles. The zero-order valence-electron chi connectivity index (χ0n) is 41.4. The van der Waals surface area contributed by atoms with Crippen LogP contribution < -0.4 is 0 Å². The van der Waals surface area contributed by atoms with Crippen LogP contribution in [-0.4, -0.2) is 37.2 Å². The summed E-state index contributed by atoms with van der Waals surface area (Å²) in [6.07, 6.45) is 72.8. The molecule has 0 aromatic heterocycles. The van der Waals surface area contributed by atoms with Crippen LogP contribution in [0.15, 0.2) is 134 Å². The molecule has 0 aromatic rings. The minimum Gasteiger partial charge on any atom is -0.462 e. The Kier molecular flexibility index (Phi) is 48.6. The van der Waals surface area contributed by atoms with Crippen molar-refractivity contribution in [2.75, 3.05) is 13.2 Å². The summed E-state index contributed by atoms with van der Waals surface area (Å²) in [7, 11) is 0. The average Bonchev–Trinajstić information content (AvgIpc) is 3.30. The summed E-state index contributed by atoms with van der Waals surface area (Å²) in [4.78, 5) is 38.0. The average molecular weight is 897 g/mol. The van der Waals surface area contributed by atoms with Crippen molar-refractivity contribution in [2.45, 2.75) is 207 Å². The highest BCUT2D eigenvalue weighted by Crippen LogP contribution is 2.12. The van der Waals surface area contributed by atoms with Gasteiger partial charge in [-0.2, -0.15) is 0 Å². The zero-order valence-corrected chi connectivity index (χ0v) is 41.4. The molecule has 0 heterocycles. The maximum Gasteiger partial charge on any atom is 0.306 e. The molecule has 0 saturated carbocycles. The number of rotatable bonds is 44. The van der Waals surface area contributed by atoms with Crippen molar-refractivity contribution in [2.24, 2.45) is 0 Å². The predicted octanol–water partition coefficient (Wildman–Crippen LogP) is 17.1. The van der Waals surface area contributed by atoms with Gasteiger partial charge in [-0.15, -0.1) is 0 Å². The van der Waals surface area contributed by atoms with Crippen LogP contribution in [-0.2, 0) is 28.6 Å². The van der Waals surface area contributed by atoms with Crippen LogP contribution in [0.1, 0.15) is 201 Å². The van der Waals surface area contributed by atoms with Gasteiger partial charge in [-0.25, -0.2) is 0 Å². The van der Waals surface area contributed by atoms with Gasteiger partial charge in [0.15, 0.2) is 6.10 Å². The third-order valence-corrected chi connectivity index (χ3v) is 10.3. The third kappa shape index (κ3) is 50.4. The van der Waals surface area contributed by atoms with Gasteiger partial charge in [-0.1, -0.05) is 231 Å². The molecule has 65 heavy (non-hydrogen) atoms. The van der Waals surface area contributed by atoms with E-state index in [9.17, 15) is 14.4 Å². The first-order valence-electron chi connectivity index (χ1n) is 25.8. The molecule has 0 N–H and O–H groups in total. The number of carbonyl (C=O) groups is 3. The highest BCUT2D eigenvalue weighted by molar-refractivity contribution is 5.71. The van der Waals surface area contributed by atoms with Gasteiger partial charge in [0.05, 0.1) is 0 Å². The Hall–Kier alpha value is -4.45. The summed E-state index contributed by atoms with van der Waals surface area (Å²) in [5.41, 5.74) is 0. The number of carbonyl (C=O) groups excluding carboxylic acids is 3. The molecule has 1 atom stereocenters. The topological polar surface area (TPSA) is 78.9 Å². The Labute approximate surface area is 398 Å². The van der Waals surface area contributed by atoms with Crippen molar-refractivity contribution in [1.29, 1.82) is 0 Å². The molecule has 0 rings (SSSR count). The molecular formula is C59H92O6. The number of hydrogen-bond acceptors (Lipinski definition) is 6. The highest BCUT2D eigenvalue weighted by Gasteiger charge is 2.19. The van der Waals surface area contributed by atoms with E-state index in [-0.39, 0.29) is 37.5 Å². The standard InChI is InChI=1S/C59H92O6/c1-4-7-10-13-16-19-22-24-26-28-30-32-34-37-40-43-46-49-52-58(61)64-55-56(54-63-57(60)51-48-45-42-39-36-21-18-15-12-9-6-3)65-59(62)53-50-47-44-41-38-35-33-31-29-27-25-23-20-17-14-11-8-5-2/h10,13,15-33,36,56H,4-9,11-12,14,34-35,37-55H2,1-3H3/b13-10-,18-15-,19-16-,20-17-,24-22-,25-23-,28-26-,29-27-,32-30-,33-31-,36-21-. The van der Waals surface area contributed by atoms with Crippen molar-refractivity contribution in [1.82, 2.24) is 0 Å². The molecule has 0 radical (unpaired) electrons.